The van der Waals surface area contributed by atoms with Crippen molar-refractivity contribution in [1.29, 1.82) is 0 Å². The molecule has 108 valence electrons. The van der Waals surface area contributed by atoms with Gasteiger partial charge < -0.3 is 5.32 Å². The second kappa shape index (κ2) is 6.15. The molecule has 4 heteroatoms. The van der Waals surface area contributed by atoms with Crippen LogP contribution in [-0.2, 0) is 11.3 Å². The molecule has 20 heavy (non-hydrogen) atoms. The summed E-state index contributed by atoms with van der Waals surface area (Å²) < 4.78 is 0. The second-order valence-electron chi connectivity index (χ2n) is 6.01. The molecular formula is C16H21ClN2O. The first-order chi connectivity index (χ1) is 9.72. The lowest BCUT2D eigenvalue weighted by Gasteiger charge is -2.16. The number of hydrogen-bond acceptors (Lipinski definition) is 2. The molecule has 1 N–H and O–H groups in total. The Hall–Kier alpha value is -1.06. The van der Waals surface area contributed by atoms with E-state index in [-0.39, 0.29) is 5.91 Å². The standard InChI is InChI=1S/C16H21ClN2O/c17-15-7-2-1-4-12(15)8-18-16(20)11-19-9-13-5-3-6-14(13)10-19/h1-2,4,7,13-14H,3,5-6,8-11H2,(H,18,20). The molecule has 1 aliphatic carbocycles. The lowest BCUT2D eigenvalue weighted by molar-refractivity contribution is -0.122. The van der Waals surface area contributed by atoms with Gasteiger partial charge in [-0.3, -0.25) is 9.69 Å². The lowest BCUT2D eigenvalue weighted by Crippen LogP contribution is -2.36. The summed E-state index contributed by atoms with van der Waals surface area (Å²) in [7, 11) is 0. The van der Waals surface area contributed by atoms with Crippen LogP contribution in [0.3, 0.4) is 0 Å². The molecule has 1 aliphatic heterocycles. The van der Waals surface area contributed by atoms with Crippen molar-refractivity contribution in [1.82, 2.24) is 10.2 Å². The molecule has 3 nitrogen and oxygen atoms in total. The minimum absolute atomic E-state index is 0.102. The maximum absolute atomic E-state index is 12.0. The third-order valence-corrected chi connectivity index (χ3v) is 4.97. The van der Waals surface area contributed by atoms with Gasteiger partial charge in [-0.05, 0) is 36.3 Å². The number of carbonyl (C=O) groups is 1. The Morgan fingerprint density at radius 1 is 1.25 bits per heavy atom. The zero-order valence-corrected chi connectivity index (χ0v) is 12.4. The highest BCUT2D eigenvalue weighted by molar-refractivity contribution is 6.31. The Morgan fingerprint density at radius 3 is 2.65 bits per heavy atom. The van der Waals surface area contributed by atoms with Crippen molar-refractivity contribution >= 4 is 17.5 Å². The van der Waals surface area contributed by atoms with Crippen LogP contribution in [0.1, 0.15) is 24.8 Å². The lowest BCUT2D eigenvalue weighted by atomic mass is 10.0. The highest BCUT2D eigenvalue weighted by Crippen LogP contribution is 2.37. The molecule has 2 unspecified atom stereocenters. The summed E-state index contributed by atoms with van der Waals surface area (Å²) in [6.07, 6.45) is 4.08. The van der Waals surface area contributed by atoms with Gasteiger partial charge in [-0.2, -0.15) is 0 Å². The van der Waals surface area contributed by atoms with Gasteiger partial charge in [0.1, 0.15) is 0 Å². The van der Waals surface area contributed by atoms with Crippen molar-refractivity contribution in [3.63, 3.8) is 0 Å². The first-order valence-electron chi connectivity index (χ1n) is 7.45. The van der Waals surface area contributed by atoms with E-state index in [1.807, 2.05) is 24.3 Å². The maximum Gasteiger partial charge on any atom is 0.234 e. The van der Waals surface area contributed by atoms with Crippen molar-refractivity contribution in [3.05, 3.63) is 34.9 Å². The zero-order chi connectivity index (χ0) is 13.9. The summed E-state index contributed by atoms with van der Waals surface area (Å²) in [5, 5.41) is 3.68. The first-order valence-corrected chi connectivity index (χ1v) is 7.82. The van der Waals surface area contributed by atoms with E-state index in [4.69, 9.17) is 11.6 Å². The van der Waals surface area contributed by atoms with E-state index in [2.05, 4.69) is 10.2 Å². The third kappa shape index (κ3) is 3.15. The molecule has 1 saturated heterocycles. The quantitative estimate of drug-likeness (QED) is 0.925. The predicted octanol–water partition coefficient (Wildman–Crippen LogP) is 2.69. The number of nitrogens with zero attached hydrogens (tertiary/aromatic N) is 1. The van der Waals surface area contributed by atoms with Crippen LogP contribution >= 0.6 is 11.6 Å². The van der Waals surface area contributed by atoms with Gasteiger partial charge in [0.2, 0.25) is 5.91 Å². The largest absolute Gasteiger partial charge is 0.351 e. The second-order valence-corrected chi connectivity index (χ2v) is 6.42. The minimum Gasteiger partial charge on any atom is -0.351 e. The zero-order valence-electron chi connectivity index (χ0n) is 11.6. The van der Waals surface area contributed by atoms with Crippen LogP contribution in [0.4, 0.5) is 0 Å². The van der Waals surface area contributed by atoms with Crippen LogP contribution in [0.15, 0.2) is 24.3 Å². The van der Waals surface area contributed by atoms with Crippen LogP contribution in [-0.4, -0.2) is 30.4 Å². The normalized spacial score (nSPS) is 25.6. The van der Waals surface area contributed by atoms with Crippen LogP contribution in [0.2, 0.25) is 5.02 Å². The van der Waals surface area contributed by atoms with Gasteiger partial charge in [-0.15, -0.1) is 0 Å². The smallest absolute Gasteiger partial charge is 0.234 e. The predicted molar refractivity (Wildman–Crippen MR) is 80.6 cm³/mol. The molecule has 1 saturated carbocycles. The Bertz CT molecular complexity index is 479. The molecular weight excluding hydrogens is 272 g/mol. The monoisotopic (exact) mass is 292 g/mol. The van der Waals surface area contributed by atoms with Crippen LogP contribution in [0, 0.1) is 11.8 Å². The van der Waals surface area contributed by atoms with E-state index in [1.54, 1.807) is 0 Å². The highest BCUT2D eigenvalue weighted by atomic mass is 35.5. The molecule has 2 aliphatic rings. The van der Waals surface area contributed by atoms with E-state index in [1.165, 1.54) is 19.3 Å². The van der Waals surface area contributed by atoms with Gasteiger partial charge in [0.05, 0.1) is 6.54 Å². The fraction of sp³-hybridized carbons (Fsp3) is 0.562. The molecule has 0 aromatic heterocycles. The maximum atomic E-state index is 12.0. The number of likely N-dealkylation sites (tertiary alicyclic amines) is 1. The van der Waals surface area contributed by atoms with E-state index in [0.717, 1.165) is 30.5 Å². The number of rotatable bonds is 4. The Labute approximate surface area is 125 Å². The van der Waals surface area contributed by atoms with Gasteiger partial charge >= 0.3 is 0 Å². The van der Waals surface area contributed by atoms with Crippen molar-refractivity contribution < 1.29 is 4.79 Å². The molecule has 0 spiro atoms. The highest BCUT2D eigenvalue weighted by Gasteiger charge is 2.36. The molecule has 1 amide bonds. The molecule has 3 rings (SSSR count). The average Bonchev–Trinajstić information content (AvgIpc) is 2.98. The number of hydrogen-bond donors (Lipinski definition) is 1. The Kier molecular flexibility index (Phi) is 4.27. The van der Waals surface area contributed by atoms with Crippen LogP contribution in [0.5, 0.6) is 0 Å². The molecule has 1 aromatic carbocycles. The molecule has 0 bridgehead atoms. The summed E-state index contributed by atoms with van der Waals surface area (Å²) >= 11 is 6.08. The topological polar surface area (TPSA) is 32.3 Å². The summed E-state index contributed by atoms with van der Waals surface area (Å²) in [4.78, 5) is 14.3. The summed E-state index contributed by atoms with van der Waals surface area (Å²) in [5.74, 6) is 1.78. The van der Waals surface area contributed by atoms with Gasteiger partial charge in [0, 0.05) is 24.7 Å². The van der Waals surface area contributed by atoms with Crippen LogP contribution < -0.4 is 5.32 Å². The van der Waals surface area contributed by atoms with Gasteiger partial charge in [0.25, 0.3) is 0 Å². The molecule has 2 atom stereocenters. The van der Waals surface area contributed by atoms with Crippen LogP contribution in [0.25, 0.3) is 0 Å². The summed E-state index contributed by atoms with van der Waals surface area (Å²) in [6, 6.07) is 7.64. The van der Waals surface area contributed by atoms with Crippen molar-refractivity contribution in [2.75, 3.05) is 19.6 Å². The third-order valence-electron chi connectivity index (χ3n) is 4.60. The molecule has 0 radical (unpaired) electrons. The number of nitrogens with one attached hydrogen (secondary N) is 1. The summed E-state index contributed by atoms with van der Waals surface area (Å²) in [6.45, 7) is 3.24. The number of halogens is 1. The van der Waals surface area contributed by atoms with Crippen molar-refractivity contribution in [2.45, 2.75) is 25.8 Å². The van der Waals surface area contributed by atoms with E-state index in [9.17, 15) is 4.79 Å². The number of benzene rings is 1. The average molecular weight is 293 g/mol. The summed E-state index contributed by atoms with van der Waals surface area (Å²) in [5.41, 5.74) is 0.973. The first kappa shape index (κ1) is 13.9. The van der Waals surface area contributed by atoms with Gasteiger partial charge in [0.15, 0.2) is 0 Å². The SMILES string of the molecule is O=C(CN1CC2CCCC2C1)NCc1ccccc1Cl. The number of amides is 1. The van der Waals surface area contributed by atoms with E-state index in [0.29, 0.717) is 18.1 Å². The molecule has 1 heterocycles. The Balaban J connectivity index is 1.45. The number of carbonyl (C=O) groups excluding carboxylic acids is 1. The van der Waals surface area contributed by atoms with Gasteiger partial charge in [-0.25, -0.2) is 0 Å². The van der Waals surface area contributed by atoms with E-state index < -0.39 is 0 Å². The minimum atomic E-state index is 0.102. The van der Waals surface area contributed by atoms with Gasteiger partial charge in [-0.1, -0.05) is 36.2 Å². The van der Waals surface area contributed by atoms with Crippen molar-refractivity contribution in [3.8, 4) is 0 Å². The molecule has 2 fully saturated rings. The fourth-order valence-corrected chi connectivity index (χ4v) is 3.76. The number of fused-ring (bicyclic) bond motifs is 1. The Morgan fingerprint density at radius 2 is 1.95 bits per heavy atom. The van der Waals surface area contributed by atoms with E-state index >= 15 is 0 Å². The molecule has 1 aromatic rings. The van der Waals surface area contributed by atoms with Crippen molar-refractivity contribution in [2.24, 2.45) is 11.8 Å². The fourth-order valence-electron chi connectivity index (χ4n) is 3.56.